The van der Waals surface area contributed by atoms with Crippen LogP contribution in [-0.4, -0.2) is 15.8 Å². The van der Waals surface area contributed by atoms with Crippen LogP contribution in [0.4, 0.5) is 0 Å². The standard InChI is InChI=1S/C11H16O3/c1-11(2,3)14-7-8-4-5-9(12)10(13)6-8/h4-6,12-13H,7H2,1-3H3. The lowest BCUT2D eigenvalue weighted by molar-refractivity contribution is -0.0150. The van der Waals surface area contributed by atoms with E-state index in [1.807, 2.05) is 20.8 Å². The topological polar surface area (TPSA) is 49.7 Å². The zero-order valence-corrected chi connectivity index (χ0v) is 8.74. The van der Waals surface area contributed by atoms with Gasteiger partial charge in [0.25, 0.3) is 0 Å². The summed E-state index contributed by atoms with van der Waals surface area (Å²) in [4.78, 5) is 0. The van der Waals surface area contributed by atoms with Crippen molar-refractivity contribution in [2.75, 3.05) is 0 Å². The molecular weight excluding hydrogens is 180 g/mol. The van der Waals surface area contributed by atoms with Crippen molar-refractivity contribution >= 4 is 0 Å². The van der Waals surface area contributed by atoms with E-state index in [0.717, 1.165) is 5.56 Å². The molecule has 0 radical (unpaired) electrons. The van der Waals surface area contributed by atoms with Crippen molar-refractivity contribution in [3.8, 4) is 11.5 Å². The molecule has 2 N–H and O–H groups in total. The molecule has 3 heteroatoms. The highest BCUT2D eigenvalue weighted by atomic mass is 16.5. The number of phenols is 2. The molecule has 0 aliphatic carbocycles. The van der Waals surface area contributed by atoms with Gasteiger partial charge in [0.1, 0.15) is 0 Å². The van der Waals surface area contributed by atoms with E-state index in [0.29, 0.717) is 6.61 Å². The summed E-state index contributed by atoms with van der Waals surface area (Å²) in [5.74, 6) is -0.218. The van der Waals surface area contributed by atoms with Crippen molar-refractivity contribution in [2.24, 2.45) is 0 Å². The van der Waals surface area contributed by atoms with E-state index in [-0.39, 0.29) is 17.1 Å². The van der Waals surface area contributed by atoms with Crippen LogP contribution in [0.3, 0.4) is 0 Å². The number of ether oxygens (including phenoxy) is 1. The van der Waals surface area contributed by atoms with Crippen molar-refractivity contribution in [1.29, 1.82) is 0 Å². The third-order valence-electron chi connectivity index (χ3n) is 1.71. The van der Waals surface area contributed by atoms with Gasteiger partial charge in [-0.1, -0.05) is 6.07 Å². The van der Waals surface area contributed by atoms with Crippen LogP contribution in [0.15, 0.2) is 18.2 Å². The third kappa shape index (κ3) is 3.26. The monoisotopic (exact) mass is 196 g/mol. The smallest absolute Gasteiger partial charge is 0.157 e. The van der Waals surface area contributed by atoms with Gasteiger partial charge >= 0.3 is 0 Å². The Hall–Kier alpha value is -1.22. The van der Waals surface area contributed by atoms with Gasteiger partial charge < -0.3 is 14.9 Å². The maximum absolute atomic E-state index is 9.22. The number of aromatic hydroxyl groups is 2. The molecule has 3 nitrogen and oxygen atoms in total. The molecule has 14 heavy (non-hydrogen) atoms. The van der Waals surface area contributed by atoms with E-state index < -0.39 is 0 Å². The second-order valence-electron chi connectivity index (χ2n) is 4.22. The van der Waals surface area contributed by atoms with E-state index in [1.54, 1.807) is 6.07 Å². The van der Waals surface area contributed by atoms with Crippen LogP contribution in [0, 0.1) is 0 Å². The molecule has 0 fully saturated rings. The lowest BCUT2D eigenvalue weighted by Gasteiger charge is -2.19. The molecule has 0 bridgehead atoms. The number of rotatable bonds is 2. The van der Waals surface area contributed by atoms with Crippen LogP contribution < -0.4 is 0 Å². The maximum atomic E-state index is 9.22. The fourth-order valence-corrected chi connectivity index (χ4v) is 0.959. The van der Waals surface area contributed by atoms with E-state index in [4.69, 9.17) is 9.84 Å². The predicted octanol–water partition coefficient (Wildman–Crippen LogP) is 2.41. The lowest BCUT2D eigenvalue weighted by atomic mass is 10.1. The highest BCUT2D eigenvalue weighted by Gasteiger charge is 2.10. The van der Waals surface area contributed by atoms with Crippen molar-refractivity contribution in [2.45, 2.75) is 33.0 Å². The summed E-state index contributed by atoms with van der Waals surface area (Å²) in [5, 5.41) is 18.3. The van der Waals surface area contributed by atoms with Crippen molar-refractivity contribution in [3.63, 3.8) is 0 Å². The number of hydrogen-bond donors (Lipinski definition) is 2. The van der Waals surface area contributed by atoms with Gasteiger partial charge in [-0.05, 0) is 38.5 Å². The number of hydrogen-bond acceptors (Lipinski definition) is 3. The SMILES string of the molecule is CC(C)(C)OCc1ccc(O)c(O)c1. The van der Waals surface area contributed by atoms with E-state index in [9.17, 15) is 5.11 Å². The van der Waals surface area contributed by atoms with Gasteiger partial charge in [0.05, 0.1) is 12.2 Å². The Morgan fingerprint density at radius 3 is 2.29 bits per heavy atom. The molecule has 0 amide bonds. The van der Waals surface area contributed by atoms with Gasteiger partial charge in [-0.25, -0.2) is 0 Å². The van der Waals surface area contributed by atoms with Crippen molar-refractivity contribution in [3.05, 3.63) is 23.8 Å². The summed E-state index contributed by atoms with van der Waals surface area (Å²) >= 11 is 0. The third-order valence-corrected chi connectivity index (χ3v) is 1.71. The normalized spacial score (nSPS) is 11.6. The van der Waals surface area contributed by atoms with Gasteiger partial charge in [-0.3, -0.25) is 0 Å². The molecule has 78 valence electrons. The van der Waals surface area contributed by atoms with E-state index in [1.165, 1.54) is 12.1 Å². The van der Waals surface area contributed by atoms with Crippen LogP contribution in [0.1, 0.15) is 26.3 Å². The highest BCUT2D eigenvalue weighted by molar-refractivity contribution is 5.40. The summed E-state index contributed by atoms with van der Waals surface area (Å²) in [6.45, 7) is 6.32. The zero-order chi connectivity index (χ0) is 10.8. The van der Waals surface area contributed by atoms with Crippen LogP contribution >= 0.6 is 0 Å². The van der Waals surface area contributed by atoms with Gasteiger partial charge in [-0.15, -0.1) is 0 Å². The van der Waals surface area contributed by atoms with Gasteiger partial charge in [0, 0.05) is 0 Å². The summed E-state index contributed by atoms with van der Waals surface area (Å²) in [6, 6.07) is 4.68. The minimum Gasteiger partial charge on any atom is -0.504 e. The van der Waals surface area contributed by atoms with E-state index in [2.05, 4.69) is 0 Å². The largest absolute Gasteiger partial charge is 0.504 e. The Morgan fingerprint density at radius 1 is 1.14 bits per heavy atom. The Balaban J connectivity index is 2.65. The first-order valence-corrected chi connectivity index (χ1v) is 4.53. The molecule has 0 saturated carbocycles. The zero-order valence-electron chi connectivity index (χ0n) is 8.74. The second kappa shape index (κ2) is 3.88. The molecule has 0 atom stereocenters. The molecule has 0 spiro atoms. The average Bonchev–Trinajstić information content (AvgIpc) is 2.06. The van der Waals surface area contributed by atoms with Crippen molar-refractivity contribution in [1.82, 2.24) is 0 Å². The molecule has 0 saturated heterocycles. The van der Waals surface area contributed by atoms with Crippen LogP contribution in [0.2, 0.25) is 0 Å². The minimum atomic E-state index is -0.201. The highest BCUT2D eigenvalue weighted by Crippen LogP contribution is 2.25. The molecule has 0 unspecified atom stereocenters. The first-order chi connectivity index (χ1) is 6.38. The predicted molar refractivity (Wildman–Crippen MR) is 54.3 cm³/mol. The minimum absolute atomic E-state index is 0.107. The Morgan fingerprint density at radius 2 is 1.79 bits per heavy atom. The Bertz CT molecular complexity index is 313. The molecule has 1 aromatic rings. The summed E-state index contributed by atoms with van der Waals surface area (Å²) < 4.78 is 5.52. The van der Waals surface area contributed by atoms with Gasteiger partial charge in [0.2, 0.25) is 0 Å². The molecule has 0 aliphatic heterocycles. The maximum Gasteiger partial charge on any atom is 0.157 e. The Labute approximate surface area is 84.0 Å². The summed E-state index contributed by atoms with van der Waals surface area (Å²) in [5.41, 5.74) is 0.642. The lowest BCUT2D eigenvalue weighted by Crippen LogP contribution is -2.18. The second-order valence-corrected chi connectivity index (χ2v) is 4.22. The van der Waals surface area contributed by atoms with Crippen LogP contribution in [-0.2, 0) is 11.3 Å². The quantitative estimate of drug-likeness (QED) is 0.714. The first kappa shape index (κ1) is 10.9. The van der Waals surface area contributed by atoms with Crippen LogP contribution in [0.5, 0.6) is 11.5 Å². The number of phenolic OH excluding ortho intramolecular Hbond substituents is 2. The Kier molecular flexibility index (Phi) is 3.01. The molecule has 1 aromatic carbocycles. The van der Waals surface area contributed by atoms with E-state index >= 15 is 0 Å². The molecular formula is C11H16O3. The van der Waals surface area contributed by atoms with Gasteiger partial charge in [0.15, 0.2) is 11.5 Å². The molecule has 0 heterocycles. The van der Waals surface area contributed by atoms with Crippen LogP contribution in [0.25, 0.3) is 0 Å². The first-order valence-electron chi connectivity index (χ1n) is 4.53. The molecule has 0 aliphatic rings. The number of benzene rings is 1. The fourth-order valence-electron chi connectivity index (χ4n) is 0.959. The van der Waals surface area contributed by atoms with Crippen molar-refractivity contribution < 1.29 is 14.9 Å². The van der Waals surface area contributed by atoms with Gasteiger partial charge in [-0.2, -0.15) is 0 Å². The summed E-state index contributed by atoms with van der Waals surface area (Å²) in [7, 11) is 0. The fraction of sp³-hybridized carbons (Fsp3) is 0.455. The molecule has 1 rings (SSSR count). The summed E-state index contributed by atoms with van der Waals surface area (Å²) in [6.07, 6.45) is 0. The average molecular weight is 196 g/mol. The molecule has 0 aromatic heterocycles.